The molecule has 114 valence electrons. The SMILES string of the molecule is CC(C)(C)OC(=O)N1CCC2(CC1)Cn1cccc1C2=O. The number of rotatable bonds is 0. The molecule has 5 heteroatoms. The number of carbonyl (C=O) groups excluding carboxylic acids is 2. The summed E-state index contributed by atoms with van der Waals surface area (Å²) in [5.41, 5.74) is 0.0174. The zero-order chi connectivity index (χ0) is 15.3. The molecular weight excluding hydrogens is 268 g/mol. The van der Waals surface area contributed by atoms with Gasteiger partial charge in [0.2, 0.25) is 0 Å². The molecule has 1 aromatic rings. The Bertz CT molecular complexity index is 575. The summed E-state index contributed by atoms with van der Waals surface area (Å²) in [6.45, 7) is 7.52. The Morgan fingerprint density at radius 2 is 1.95 bits per heavy atom. The molecule has 2 aliphatic rings. The molecule has 0 unspecified atom stereocenters. The van der Waals surface area contributed by atoms with Gasteiger partial charge in [-0.25, -0.2) is 4.79 Å². The molecule has 1 spiro atoms. The molecule has 0 radical (unpaired) electrons. The van der Waals surface area contributed by atoms with E-state index < -0.39 is 5.60 Å². The van der Waals surface area contributed by atoms with E-state index in [0.29, 0.717) is 25.9 Å². The summed E-state index contributed by atoms with van der Waals surface area (Å²) in [5.74, 6) is 0.233. The molecule has 0 aromatic carbocycles. The van der Waals surface area contributed by atoms with Gasteiger partial charge in [0.1, 0.15) is 5.60 Å². The first-order valence-corrected chi connectivity index (χ1v) is 7.49. The van der Waals surface area contributed by atoms with Gasteiger partial charge < -0.3 is 14.2 Å². The number of ketones is 1. The van der Waals surface area contributed by atoms with Gasteiger partial charge in [0, 0.05) is 25.8 Å². The number of aromatic nitrogens is 1. The Balaban J connectivity index is 1.65. The molecule has 5 nitrogen and oxygen atoms in total. The van der Waals surface area contributed by atoms with Crippen molar-refractivity contribution in [3.63, 3.8) is 0 Å². The van der Waals surface area contributed by atoms with Gasteiger partial charge in [0.05, 0.1) is 11.1 Å². The number of piperidine rings is 1. The number of carbonyl (C=O) groups is 2. The highest BCUT2D eigenvalue weighted by Crippen LogP contribution is 2.41. The van der Waals surface area contributed by atoms with Crippen molar-refractivity contribution in [2.45, 2.75) is 45.8 Å². The van der Waals surface area contributed by atoms with Crippen LogP contribution in [0, 0.1) is 5.41 Å². The minimum atomic E-state index is -0.478. The zero-order valence-electron chi connectivity index (χ0n) is 12.9. The number of Topliss-reactive ketones (excluding diaryl/α,β-unsaturated/α-hetero) is 1. The minimum absolute atomic E-state index is 0.233. The van der Waals surface area contributed by atoms with Crippen molar-refractivity contribution in [1.29, 1.82) is 0 Å². The summed E-state index contributed by atoms with van der Waals surface area (Å²) in [6, 6.07) is 3.80. The molecular formula is C16H22N2O3. The maximum Gasteiger partial charge on any atom is 0.410 e. The second-order valence-corrected chi connectivity index (χ2v) is 7.10. The molecule has 21 heavy (non-hydrogen) atoms. The van der Waals surface area contributed by atoms with E-state index in [0.717, 1.165) is 12.2 Å². The Labute approximate surface area is 124 Å². The van der Waals surface area contributed by atoms with Crippen molar-refractivity contribution in [2.75, 3.05) is 13.1 Å². The van der Waals surface area contributed by atoms with Gasteiger partial charge in [-0.05, 0) is 45.7 Å². The highest BCUT2D eigenvalue weighted by Gasteiger charge is 2.48. The van der Waals surface area contributed by atoms with Gasteiger partial charge in [-0.15, -0.1) is 0 Å². The average Bonchev–Trinajstić information content (AvgIpc) is 2.92. The first-order valence-electron chi connectivity index (χ1n) is 7.49. The van der Waals surface area contributed by atoms with E-state index in [1.165, 1.54) is 0 Å². The molecule has 0 bridgehead atoms. The van der Waals surface area contributed by atoms with Crippen LogP contribution in [0.3, 0.4) is 0 Å². The first-order chi connectivity index (χ1) is 9.81. The molecule has 1 saturated heterocycles. The third-order valence-corrected chi connectivity index (χ3v) is 4.39. The number of hydrogen-bond acceptors (Lipinski definition) is 3. The number of ether oxygens (including phenoxy) is 1. The summed E-state index contributed by atoms with van der Waals surface area (Å²) in [6.07, 6.45) is 3.12. The quantitative estimate of drug-likeness (QED) is 0.738. The highest BCUT2D eigenvalue weighted by atomic mass is 16.6. The van der Waals surface area contributed by atoms with E-state index in [1.807, 2.05) is 43.7 Å². The number of hydrogen-bond donors (Lipinski definition) is 0. The van der Waals surface area contributed by atoms with Crippen molar-refractivity contribution in [3.8, 4) is 0 Å². The third-order valence-electron chi connectivity index (χ3n) is 4.39. The van der Waals surface area contributed by atoms with Crippen LogP contribution in [0.25, 0.3) is 0 Å². The van der Waals surface area contributed by atoms with Crippen LogP contribution < -0.4 is 0 Å². The molecule has 0 aliphatic carbocycles. The number of fused-ring (bicyclic) bond motifs is 1. The number of nitrogens with zero attached hydrogens (tertiary/aromatic N) is 2. The van der Waals surface area contributed by atoms with E-state index in [-0.39, 0.29) is 17.3 Å². The van der Waals surface area contributed by atoms with Gasteiger partial charge in [0.15, 0.2) is 5.78 Å². The van der Waals surface area contributed by atoms with Crippen LogP contribution in [0.5, 0.6) is 0 Å². The van der Waals surface area contributed by atoms with Gasteiger partial charge >= 0.3 is 6.09 Å². The molecule has 1 amide bonds. The fourth-order valence-electron chi connectivity index (χ4n) is 3.26. The van der Waals surface area contributed by atoms with E-state index in [1.54, 1.807) is 4.90 Å². The molecule has 0 atom stereocenters. The van der Waals surface area contributed by atoms with Crippen LogP contribution in [0.15, 0.2) is 18.3 Å². The lowest BCUT2D eigenvalue weighted by Gasteiger charge is -2.38. The Kier molecular flexibility index (Phi) is 3.11. The molecule has 3 rings (SSSR count). The predicted molar refractivity (Wildman–Crippen MR) is 78.2 cm³/mol. The lowest BCUT2D eigenvalue weighted by molar-refractivity contribution is 0.0104. The first kappa shape index (κ1) is 14.2. The normalized spacial score (nSPS) is 20.7. The van der Waals surface area contributed by atoms with Crippen LogP contribution in [-0.4, -0.2) is 40.0 Å². The van der Waals surface area contributed by atoms with Crippen molar-refractivity contribution in [3.05, 3.63) is 24.0 Å². The standard InChI is InChI=1S/C16H22N2O3/c1-15(2,3)21-14(20)17-9-6-16(7-10-17)11-18-8-4-5-12(18)13(16)19/h4-5,8H,6-7,9-11H2,1-3H3. The maximum absolute atomic E-state index is 12.6. The molecule has 0 N–H and O–H groups in total. The van der Waals surface area contributed by atoms with E-state index in [4.69, 9.17) is 4.74 Å². The van der Waals surface area contributed by atoms with Crippen molar-refractivity contribution >= 4 is 11.9 Å². The van der Waals surface area contributed by atoms with Gasteiger partial charge in [-0.1, -0.05) is 0 Å². The maximum atomic E-state index is 12.6. The van der Waals surface area contributed by atoms with Crippen molar-refractivity contribution in [2.24, 2.45) is 5.41 Å². The lowest BCUT2D eigenvalue weighted by atomic mass is 9.76. The monoisotopic (exact) mass is 290 g/mol. The van der Waals surface area contributed by atoms with E-state index in [2.05, 4.69) is 0 Å². The fraction of sp³-hybridized carbons (Fsp3) is 0.625. The Morgan fingerprint density at radius 3 is 2.52 bits per heavy atom. The Morgan fingerprint density at radius 1 is 1.29 bits per heavy atom. The van der Waals surface area contributed by atoms with Gasteiger partial charge in [-0.3, -0.25) is 4.79 Å². The minimum Gasteiger partial charge on any atom is -0.444 e. The van der Waals surface area contributed by atoms with Gasteiger partial charge in [0.25, 0.3) is 0 Å². The van der Waals surface area contributed by atoms with Crippen molar-refractivity contribution in [1.82, 2.24) is 9.47 Å². The largest absolute Gasteiger partial charge is 0.444 e. The molecule has 0 saturated carbocycles. The molecule has 1 fully saturated rings. The number of amides is 1. The molecule has 1 aromatic heterocycles. The smallest absolute Gasteiger partial charge is 0.410 e. The van der Waals surface area contributed by atoms with Crippen LogP contribution in [0.2, 0.25) is 0 Å². The second kappa shape index (κ2) is 4.61. The van der Waals surface area contributed by atoms with Crippen LogP contribution in [0.1, 0.15) is 44.1 Å². The van der Waals surface area contributed by atoms with Gasteiger partial charge in [-0.2, -0.15) is 0 Å². The van der Waals surface area contributed by atoms with Crippen LogP contribution in [0.4, 0.5) is 4.79 Å². The lowest BCUT2D eigenvalue weighted by Crippen LogP contribution is -2.47. The molecule has 2 aliphatic heterocycles. The van der Waals surface area contributed by atoms with E-state index >= 15 is 0 Å². The highest BCUT2D eigenvalue weighted by molar-refractivity contribution is 6.01. The van der Waals surface area contributed by atoms with Crippen LogP contribution in [-0.2, 0) is 11.3 Å². The summed E-state index contributed by atoms with van der Waals surface area (Å²) >= 11 is 0. The Hall–Kier alpha value is -1.78. The zero-order valence-corrected chi connectivity index (χ0v) is 12.9. The second-order valence-electron chi connectivity index (χ2n) is 7.10. The topological polar surface area (TPSA) is 51.5 Å². The summed E-state index contributed by atoms with van der Waals surface area (Å²) < 4.78 is 7.43. The predicted octanol–water partition coefficient (Wildman–Crippen LogP) is 2.70. The summed E-state index contributed by atoms with van der Waals surface area (Å²) in [5, 5.41) is 0. The molecule has 3 heterocycles. The average molecular weight is 290 g/mol. The van der Waals surface area contributed by atoms with E-state index in [9.17, 15) is 9.59 Å². The summed E-state index contributed by atoms with van der Waals surface area (Å²) in [7, 11) is 0. The number of likely N-dealkylation sites (tertiary alicyclic amines) is 1. The van der Waals surface area contributed by atoms with Crippen LogP contribution >= 0.6 is 0 Å². The fourth-order valence-corrected chi connectivity index (χ4v) is 3.26. The third kappa shape index (κ3) is 2.45. The summed E-state index contributed by atoms with van der Waals surface area (Å²) in [4.78, 5) is 26.4. The van der Waals surface area contributed by atoms with Crippen molar-refractivity contribution < 1.29 is 14.3 Å².